The Kier molecular flexibility index (Phi) is 6.72. The Bertz CT molecular complexity index is 362. The molecule has 6 heteroatoms. The average molecular weight is 273 g/mol. The molecular weight excluding hydrogens is 252 g/mol. The van der Waals surface area contributed by atoms with E-state index in [0.717, 1.165) is 12.8 Å². The van der Waals surface area contributed by atoms with Crippen LogP contribution in [0.2, 0.25) is 5.28 Å². The van der Waals surface area contributed by atoms with Gasteiger partial charge in [0.2, 0.25) is 11.2 Å². The Morgan fingerprint density at radius 2 is 2.00 bits per heavy atom. The van der Waals surface area contributed by atoms with Crippen molar-refractivity contribution in [1.29, 1.82) is 0 Å². The monoisotopic (exact) mass is 272 g/mol. The number of anilines is 1. The maximum Gasteiger partial charge on any atom is 0.322 e. The highest BCUT2D eigenvalue weighted by Gasteiger charge is 2.08. The van der Waals surface area contributed by atoms with Crippen LogP contribution in [0, 0.1) is 0 Å². The van der Waals surface area contributed by atoms with Gasteiger partial charge in [-0.1, -0.05) is 26.7 Å². The predicted octanol–water partition coefficient (Wildman–Crippen LogP) is 3.30. The molecule has 5 nitrogen and oxygen atoms in total. The molecule has 0 saturated carbocycles. The number of halogens is 1. The zero-order chi connectivity index (χ0) is 13.4. The molecule has 1 aromatic rings. The Labute approximate surface area is 113 Å². The van der Waals surface area contributed by atoms with E-state index in [2.05, 4.69) is 34.1 Å². The van der Waals surface area contributed by atoms with Crippen LogP contribution in [-0.2, 0) is 0 Å². The lowest BCUT2D eigenvalue weighted by Crippen LogP contribution is -2.17. The van der Waals surface area contributed by atoms with Crippen LogP contribution < -0.4 is 10.1 Å². The van der Waals surface area contributed by atoms with E-state index in [-0.39, 0.29) is 11.3 Å². The molecular formula is C12H21ClN4O. The van der Waals surface area contributed by atoms with Crippen molar-refractivity contribution in [2.75, 3.05) is 11.9 Å². The molecule has 0 fully saturated rings. The quantitative estimate of drug-likeness (QED) is 0.787. The topological polar surface area (TPSA) is 59.9 Å². The molecule has 0 aromatic carbocycles. The van der Waals surface area contributed by atoms with Crippen molar-refractivity contribution in [3.8, 4) is 6.01 Å². The minimum absolute atomic E-state index is 0.154. The Morgan fingerprint density at radius 1 is 1.22 bits per heavy atom. The first-order chi connectivity index (χ1) is 8.65. The van der Waals surface area contributed by atoms with Gasteiger partial charge < -0.3 is 10.1 Å². The van der Waals surface area contributed by atoms with Gasteiger partial charge in [0.15, 0.2) is 0 Å². The number of nitrogens with one attached hydrogen (secondary N) is 1. The Hall–Kier alpha value is -1.10. The molecule has 102 valence electrons. The fraction of sp³-hybridized carbons (Fsp3) is 0.750. The van der Waals surface area contributed by atoms with E-state index in [9.17, 15) is 0 Å². The summed E-state index contributed by atoms with van der Waals surface area (Å²) in [5.41, 5.74) is 0. The maximum atomic E-state index is 5.83. The minimum Gasteiger partial charge on any atom is -0.463 e. The highest BCUT2D eigenvalue weighted by Crippen LogP contribution is 2.13. The highest BCUT2D eigenvalue weighted by atomic mass is 35.5. The zero-order valence-electron chi connectivity index (χ0n) is 11.2. The van der Waals surface area contributed by atoms with Crippen molar-refractivity contribution < 1.29 is 4.74 Å². The fourth-order valence-electron chi connectivity index (χ4n) is 1.46. The first-order valence-electron chi connectivity index (χ1n) is 6.46. The molecule has 1 heterocycles. The van der Waals surface area contributed by atoms with E-state index in [1.165, 1.54) is 12.8 Å². The minimum atomic E-state index is 0.154. The third kappa shape index (κ3) is 5.49. The number of aromatic nitrogens is 3. The molecule has 1 N–H and O–H groups in total. The third-order valence-electron chi connectivity index (χ3n) is 2.39. The van der Waals surface area contributed by atoms with Crippen molar-refractivity contribution >= 4 is 17.5 Å². The van der Waals surface area contributed by atoms with Gasteiger partial charge >= 0.3 is 6.01 Å². The molecule has 0 radical (unpaired) electrons. The summed E-state index contributed by atoms with van der Waals surface area (Å²) in [4.78, 5) is 12.1. The van der Waals surface area contributed by atoms with Gasteiger partial charge in [0.25, 0.3) is 0 Å². The second kappa shape index (κ2) is 8.08. The van der Waals surface area contributed by atoms with Gasteiger partial charge in [-0.05, 0) is 31.4 Å². The first-order valence-corrected chi connectivity index (χ1v) is 6.84. The molecule has 1 atom stereocenters. The number of rotatable bonds is 8. The summed E-state index contributed by atoms with van der Waals surface area (Å²) in [6.07, 6.45) is 4.32. The molecule has 0 bridgehead atoms. The maximum absolute atomic E-state index is 5.83. The molecule has 1 unspecified atom stereocenters. The van der Waals surface area contributed by atoms with Crippen molar-refractivity contribution in [3.63, 3.8) is 0 Å². The van der Waals surface area contributed by atoms with E-state index in [1.807, 2.05) is 6.92 Å². The van der Waals surface area contributed by atoms with Crippen molar-refractivity contribution in [1.82, 2.24) is 15.0 Å². The number of ether oxygens (including phenoxy) is 1. The summed E-state index contributed by atoms with van der Waals surface area (Å²) in [7, 11) is 0. The normalized spacial score (nSPS) is 12.2. The number of unbranched alkanes of at least 4 members (excludes halogenated alkanes) is 1. The summed E-state index contributed by atoms with van der Waals surface area (Å²) >= 11 is 5.83. The molecule has 0 aliphatic rings. The molecule has 18 heavy (non-hydrogen) atoms. The molecule has 0 amide bonds. The molecule has 1 rings (SSSR count). The van der Waals surface area contributed by atoms with Gasteiger partial charge in [0.05, 0.1) is 6.61 Å². The van der Waals surface area contributed by atoms with Crippen LogP contribution in [0.1, 0.15) is 46.5 Å². The predicted molar refractivity (Wildman–Crippen MR) is 73.2 cm³/mol. The van der Waals surface area contributed by atoms with Crippen LogP contribution in [0.4, 0.5) is 5.95 Å². The van der Waals surface area contributed by atoms with Crippen LogP contribution in [0.3, 0.4) is 0 Å². The van der Waals surface area contributed by atoms with Gasteiger partial charge in [-0.2, -0.15) is 15.0 Å². The summed E-state index contributed by atoms with van der Waals surface area (Å²) in [6, 6.07) is 0.587. The van der Waals surface area contributed by atoms with E-state index >= 15 is 0 Å². The number of hydrogen-bond donors (Lipinski definition) is 1. The SMILES string of the molecule is CCCCC(C)Nc1nc(Cl)nc(OCCC)n1. The number of hydrogen-bond acceptors (Lipinski definition) is 5. The van der Waals surface area contributed by atoms with Crippen LogP contribution in [0.25, 0.3) is 0 Å². The Morgan fingerprint density at radius 3 is 2.67 bits per heavy atom. The van der Waals surface area contributed by atoms with Crippen molar-refractivity contribution in [2.24, 2.45) is 0 Å². The van der Waals surface area contributed by atoms with Crippen LogP contribution in [-0.4, -0.2) is 27.6 Å². The summed E-state index contributed by atoms with van der Waals surface area (Å²) in [6.45, 7) is 6.86. The third-order valence-corrected chi connectivity index (χ3v) is 2.56. The smallest absolute Gasteiger partial charge is 0.322 e. The van der Waals surface area contributed by atoms with Gasteiger partial charge in [0, 0.05) is 6.04 Å². The summed E-state index contributed by atoms with van der Waals surface area (Å²) < 4.78 is 5.35. The fourth-order valence-corrected chi connectivity index (χ4v) is 1.61. The van der Waals surface area contributed by atoms with E-state index in [1.54, 1.807) is 0 Å². The van der Waals surface area contributed by atoms with E-state index in [0.29, 0.717) is 18.6 Å². The van der Waals surface area contributed by atoms with Gasteiger partial charge in [-0.15, -0.1) is 0 Å². The second-order valence-electron chi connectivity index (χ2n) is 4.25. The van der Waals surface area contributed by atoms with Crippen LogP contribution in [0.15, 0.2) is 0 Å². The van der Waals surface area contributed by atoms with Gasteiger partial charge in [0.1, 0.15) is 0 Å². The van der Waals surface area contributed by atoms with Crippen LogP contribution in [0.5, 0.6) is 6.01 Å². The standard InChI is InChI=1S/C12H21ClN4O/c1-4-6-7-9(3)14-11-15-10(13)16-12(17-11)18-8-5-2/h9H,4-8H2,1-3H3,(H,14,15,16,17). The first kappa shape index (κ1) is 15.0. The largest absolute Gasteiger partial charge is 0.463 e. The van der Waals surface area contributed by atoms with Crippen molar-refractivity contribution in [2.45, 2.75) is 52.5 Å². The second-order valence-corrected chi connectivity index (χ2v) is 4.58. The lowest BCUT2D eigenvalue weighted by molar-refractivity contribution is 0.291. The molecule has 0 aliphatic carbocycles. The van der Waals surface area contributed by atoms with Gasteiger partial charge in [-0.25, -0.2) is 0 Å². The van der Waals surface area contributed by atoms with E-state index in [4.69, 9.17) is 16.3 Å². The molecule has 0 aliphatic heterocycles. The molecule has 0 saturated heterocycles. The zero-order valence-corrected chi connectivity index (χ0v) is 12.0. The Balaban J connectivity index is 2.61. The molecule has 0 spiro atoms. The van der Waals surface area contributed by atoms with Crippen molar-refractivity contribution in [3.05, 3.63) is 5.28 Å². The van der Waals surface area contributed by atoms with E-state index < -0.39 is 0 Å². The number of nitrogens with zero attached hydrogens (tertiary/aromatic N) is 3. The lowest BCUT2D eigenvalue weighted by atomic mass is 10.1. The molecule has 1 aromatic heterocycles. The lowest BCUT2D eigenvalue weighted by Gasteiger charge is -2.13. The summed E-state index contributed by atoms with van der Waals surface area (Å²) in [5, 5.41) is 3.36. The van der Waals surface area contributed by atoms with Gasteiger partial charge in [-0.3, -0.25) is 0 Å². The highest BCUT2D eigenvalue weighted by molar-refractivity contribution is 6.28. The van der Waals surface area contributed by atoms with Crippen LogP contribution >= 0.6 is 11.6 Å². The average Bonchev–Trinajstić information content (AvgIpc) is 2.33. The summed E-state index contributed by atoms with van der Waals surface area (Å²) in [5.74, 6) is 0.477.